The molecule has 0 bridgehead atoms. The van der Waals surface area contributed by atoms with Gasteiger partial charge in [0.15, 0.2) is 5.78 Å². The first kappa shape index (κ1) is 22.6. The SMILES string of the molecule is COc1c(Cl)cc(Cl)cc1/C=C/C(=O)C1=C(c2ccccc2)C2C=C(Br)C=CC2NC1=O. The first-order chi connectivity index (χ1) is 15.4. The molecule has 2 atom stereocenters. The van der Waals surface area contributed by atoms with Crippen molar-refractivity contribution in [2.75, 3.05) is 7.11 Å². The molecule has 2 unspecified atom stereocenters. The van der Waals surface area contributed by atoms with Gasteiger partial charge in [-0.05, 0) is 35.4 Å². The molecule has 4 nitrogen and oxygen atoms in total. The van der Waals surface area contributed by atoms with E-state index < -0.39 is 11.7 Å². The zero-order chi connectivity index (χ0) is 22.8. The molecule has 32 heavy (non-hydrogen) atoms. The average molecular weight is 531 g/mol. The van der Waals surface area contributed by atoms with Gasteiger partial charge in [0.2, 0.25) is 0 Å². The maximum absolute atomic E-state index is 13.3. The first-order valence-electron chi connectivity index (χ1n) is 9.80. The van der Waals surface area contributed by atoms with Gasteiger partial charge in [-0.1, -0.05) is 87.7 Å². The Morgan fingerprint density at radius 2 is 1.94 bits per heavy atom. The molecule has 0 aromatic heterocycles. The highest BCUT2D eigenvalue weighted by Crippen LogP contribution is 2.39. The van der Waals surface area contributed by atoms with Crippen molar-refractivity contribution in [3.05, 3.63) is 98.0 Å². The molecule has 1 heterocycles. The Bertz CT molecular complexity index is 1220. The number of nitrogens with one attached hydrogen (secondary N) is 1. The summed E-state index contributed by atoms with van der Waals surface area (Å²) >= 11 is 15.8. The fourth-order valence-corrected chi connectivity index (χ4v) is 4.95. The van der Waals surface area contributed by atoms with Gasteiger partial charge in [-0.25, -0.2) is 0 Å². The number of amides is 1. The quantitative estimate of drug-likeness (QED) is 0.381. The van der Waals surface area contributed by atoms with Crippen LogP contribution in [-0.4, -0.2) is 24.8 Å². The largest absolute Gasteiger partial charge is 0.495 e. The van der Waals surface area contributed by atoms with Crippen molar-refractivity contribution >= 4 is 62.5 Å². The van der Waals surface area contributed by atoms with Crippen molar-refractivity contribution in [1.82, 2.24) is 5.32 Å². The highest BCUT2D eigenvalue weighted by atomic mass is 79.9. The number of benzene rings is 2. The summed E-state index contributed by atoms with van der Waals surface area (Å²) in [4.78, 5) is 26.4. The topological polar surface area (TPSA) is 55.4 Å². The van der Waals surface area contributed by atoms with Gasteiger partial charge in [0.05, 0.1) is 23.7 Å². The Hall–Kier alpha value is -2.60. The van der Waals surface area contributed by atoms with Gasteiger partial charge >= 0.3 is 0 Å². The van der Waals surface area contributed by atoms with Crippen molar-refractivity contribution in [2.24, 2.45) is 5.92 Å². The Kier molecular flexibility index (Phi) is 6.70. The Labute approximate surface area is 204 Å². The molecule has 2 aliphatic rings. The fourth-order valence-electron chi connectivity index (χ4n) is 3.93. The van der Waals surface area contributed by atoms with Gasteiger partial charge in [0.1, 0.15) is 5.75 Å². The molecule has 162 valence electrons. The van der Waals surface area contributed by atoms with Crippen molar-refractivity contribution in [1.29, 1.82) is 0 Å². The summed E-state index contributed by atoms with van der Waals surface area (Å²) in [6.45, 7) is 0. The third-order valence-electron chi connectivity index (χ3n) is 5.30. The van der Waals surface area contributed by atoms with E-state index in [-0.39, 0.29) is 17.5 Å². The van der Waals surface area contributed by atoms with Crippen LogP contribution in [0.3, 0.4) is 0 Å². The number of hydrogen-bond donors (Lipinski definition) is 1. The zero-order valence-corrected chi connectivity index (χ0v) is 20.0. The minimum atomic E-state index is -0.419. The lowest BCUT2D eigenvalue weighted by Crippen LogP contribution is -2.46. The molecule has 7 heteroatoms. The molecule has 0 saturated carbocycles. The molecule has 0 spiro atoms. The number of hydrogen-bond acceptors (Lipinski definition) is 3. The minimum Gasteiger partial charge on any atom is -0.495 e. The van der Waals surface area contributed by atoms with E-state index in [1.54, 1.807) is 18.2 Å². The van der Waals surface area contributed by atoms with E-state index in [2.05, 4.69) is 21.2 Å². The predicted molar refractivity (Wildman–Crippen MR) is 132 cm³/mol. The number of rotatable bonds is 5. The highest BCUT2D eigenvalue weighted by Gasteiger charge is 2.37. The number of halogens is 3. The Balaban J connectivity index is 1.82. The van der Waals surface area contributed by atoms with Gasteiger partial charge < -0.3 is 10.1 Å². The summed E-state index contributed by atoms with van der Waals surface area (Å²) in [6, 6.07) is 12.5. The predicted octanol–water partition coefficient (Wildman–Crippen LogP) is 6.00. The second kappa shape index (κ2) is 9.49. The van der Waals surface area contributed by atoms with E-state index in [0.29, 0.717) is 26.9 Å². The van der Waals surface area contributed by atoms with Crippen molar-refractivity contribution in [3.8, 4) is 5.75 Å². The molecule has 0 radical (unpaired) electrons. The van der Waals surface area contributed by atoms with E-state index in [4.69, 9.17) is 27.9 Å². The summed E-state index contributed by atoms with van der Waals surface area (Å²) in [7, 11) is 1.49. The molecule has 1 amide bonds. The van der Waals surface area contributed by atoms with Crippen LogP contribution in [0.25, 0.3) is 11.6 Å². The lowest BCUT2D eigenvalue weighted by Gasteiger charge is -2.34. The van der Waals surface area contributed by atoms with Crippen LogP contribution in [0.1, 0.15) is 11.1 Å². The summed E-state index contributed by atoms with van der Waals surface area (Å²) in [5.41, 5.74) is 2.15. The molecule has 0 fully saturated rings. The lowest BCUT2D eigenvalue weighted by molar-refractivity contribution is -0.121. The molecule has 0 saturated heterocycles. The van der Waals surface area contributed by atoms with E-state index in [1.807, 2.05) is 48.6 Å². The maximum Gasteiger partial charge on any atom is 0.256 e. The van der Waals surface area contributed by atoms with Gasteiger partial charge in [0.25, 0.3) is 5.91 Å². The van der Waals surface area contributed by atoms with Crippen molar-refractivity contribution in [3.63, 3.8) is 0 Å². The lowest BCUT2D eigenvalue weighted by atomic mass is 9.77. The van der Waals surface area contributed by atoms with Crippen LogP contribution >= 0.6 is 39.1 Å². The number of carbonyl (C=O) groups is 2. The number of methoxy groups -OCH3 is 1. The maximum atomic E-state index is 13.3. The monoisotopic (exact) mass is 529 g/mol. The summed E-state index contributed by atoms with van der Waals surface area (Å²) in [5.74, 6) is -0.615. The zero-order valence-electron chi connectivity index (χ0n) is 16.9. The van der Waals surface area contributed by atoms with Gasteiger partial charge in [-0.15, -0.1) is 0 Å². The third kappa shape index (κ3) is 4.46. The smallest absolute Gasteiger partial charge is 0.256 e. The fraction of sp³-hybridized carbons (Fsp3) is 0.120. The van der Waals surface area contributed by atoms with Crippen LogP contribution in [0, 0.1) is 5.92 Å². The number of carbonyl (C=O) groups excluding carboxylic acids is 2. The van der Waals surface area contributed by atoms with Gasteiger partial charge in [0, 0.05) is 21.0 Å². The Morgan fingerprint density at radius 1 is 1.19 bits per heavy atom. The molecular weight excluding hydrogens is 513 g/mol. The number of fused-ring (bicyclic) bond motifs is 1. The molecule has 1 N–H and O–H groups in total. The van der Waals surface area contributed by atoms with Crippen LogP contribution in [0.2, 0.25) is 10.0 Å². The van der Waals surface area contributed by atoms with E-state index >= 15 is 0 Å². The highest BCUT2D eigenvalue weighted by molar-refractivity contribution is 9.11. The van der Waals surface area contributed by atoms with Crippen LogP contribution in [0.4, 0.5) is 0 Å². The number of allylic oxidation sites excluding steroid dienone is 3. The second-order valence-electron chi connectivity index (χ2n) is 7.30. The molecule has 1 aliphatic carbocycles. The third-order valence-corrected chi connectivity index (χ3v) is 6.33. The van der Waals surface area contributed by atoms with Crippen molar-refractivity contribution < 1.29 is 14.3 Å². The van der Waals surface area contributed by atoms with Crippen molar-refractivity contribution in [2.45, 2.75) is 6.04 Å². The van der Waals surface area contributed by atoms with Gasteiger partial charge in [-0.3, -0.25) is 9.59 Å². The number of ketones is 1. The Morgan fingerprint density at radius 3 is 2.66 bits per heavy atom. The molecule has 1 aliphatic heterocycles. The van der Waals surface area contributed by atoms with Crippen LogP contribution < -0.4 is 10.1 Å². The van der Waals surface area contributed by atoms with Gasteiger partial charge in [-0.2, -0.15) is 0 Å². The van der Waals surface area contributed by atoms with E-state index in [0.717, 1.165) is 10.0 Å². The summed E-state index contributed by atoms with van der Waals surface area (Å²) in [5, 5.41) is 3.68. The second-order valence-corrected chi connectivity index (χ2v) is 9.06. The first-order valence-corrected chi connectivity index (χ1v) is 11.4. The van der Waals surface area contributed by atoms with Crippen LogP contribution in [0.5, 0.6) is 5.75 Å². The summed E-state index contributed by atoms with van der Waals surface area (Å²) < 4.78 is 6.23. The molecule has 2 aromatic rings. The standard InChI is InChI=1S/C25H18BrCl2NO3/c1-32-24-15(11-17(27)13-19(24)28)7-10-21(30)23-22(14-5-3-2-4-6-14)18-12-16(26)8-9-20(18)29-25(23)31/h2-13,18,20H,1H3,(H,29,31)/b10-7+. The van der Waals surface area contributed by atoms with Crippen LogP contribution in [-0.2, 0) is 9.59 Å². The molecule has 2 aromatic carbocycles. The molecular formula is C25H18BrCl2NO3. The summed E-state index contributed by atoms with van der Waals surface area (Å²) in [6.07, 6.45) is 8.72. The molecule has 4 rings (SSSR count). The minimum absolute atomic E-state index is 0.104. The average Bonchev–Trinajstić information content (AvgIpc) is 2.77. The normalized spacial score (nSPS) is 20.1. The number of ether oxygens (including phenoxy) is 1. The van der Waals surface area contributed by atoms with Crippen LogP contribution in [0.15, 0.2) is 76.8 Å². The van der Waals surface area contributed by atoms with E-state index in [1.165, 1.54) is 13.2 Å². The van der Waals surface area contributed by atoms with E-state index in [9.17, 15) is 9.59 Å².